The third-order valence-corrected chi connectivity index (χ3v) is 4.39. The maximum atomic E-state index is 3.95. The summed E-state index contributed by atoms with van der Waals surface area (Å²) in [5, 5.41) is 0. The van der Waals surface area contributed by atoms with Crippen LogP contribution in [0.5, 0.6) is 0 Å². The van der Waals surface area contributed by atoms with E-state index in [0.717, 1.165) is 11.8 Å². The van der Waals surface area contributed by atoms with Crippen molar-refractivity contribution in [2.45, 2.75) is 33.6 Å². The van der Waals surface area contributed by atoms with Crippen molar-refractivity contribution >= 4 is 0 Å². The molecule has 0 aromatic heterocycles. The minimum Gasteiger partial charge on any atom is -0.103 e. The molecule has 2 aliphatic rings. The van der Waals surface area contributed by atoms with Crippen LogP contribution >= 0.6 is 0 Å². The van der Waals surface area contributed by atoms with Gasteiger partial charge in [-0.25, -0.2) is 0 Å². The van der Waals surface area contributed by atoms with Gasteiger partial charge < -0.3 is 0 Å². The molecule has 11 heavy (non-hydrogen) atoms. The van der Waals surface area contributed by atoms with E-state index in [1.807, 2.05) is 0 Å². The average Bonchev–Trinajstić information content (AvgIpc) is 2.29. The topological polar surface area (TPSA) is 0 Å². The molecule has 0 aromatic carbocycles. The van der Waals surface area contributed by atoms with Gasteiger partial charge in [0.05, 0.1) is 0 Å². The number of fused-ring (bicyclic) bond motifs is 1. The second-order valence-corrected chi connectivity index (χ2v) is 5.10. The summed E-state index contributed by atoms with van der Waals surface area (Å²) in [6.45, 7) is 11.2. The summed E-state index contributed by atoms with van der Waals surface area (Å²) in [5.41, 5.74) is 1.29. The van der Waals surface area contributed by atoms with Crippen molar-refractivity contribution in [3.63, 3.8) is 0 Å². The van der Waals surface area contributed by atoms with Crippen molar-refractivity contribution in [2.75, 3.05) is 0 Å². The van der Waals surface area contributed by atoms with Gasteiger partial charge in [-0.1, -0.05) is 26.8 Å². The van der Waals surface area contributed by atoms with Gasteiger partial charge in [-0.15, -0.1) is 6.58 Å². The minimum absolute atomic E-state index is 0.619. The molecule has 0 saturated heterocycles. The van der Waals surface area contributed by atoms with Crippen LogP contribution in [0.1, 0.15) is 33.6 Å². The Morgan fingerprint density at radius 3 is 2.36 bits per heavy atom. The zero-order chi connectivity index (χ0) is 8.28. The van der Waals surface area contributed by atoms with Gasteiger partial charge in [0, 0.05) is 0 Å². The summed E-state index contributed by atoms with van der Waals surface area (Å²) < 4.78 is 0. The van der Waals surface area contributed by atoms with E-state index in [4.69, 9.17) is 0 Å². The van der Waals surface area contributed by atoms with Gasteiger partial charge in [0.15, 0.2) is 0 Å². The first kappa shape index (κ1) is 7.39. The molecule has 2 fully saturated rings. The fourth-order valence-electron chi connectivity index (χ4n) is 3.55. The molecule has 2 aliphatic carbocycles. The monoisotopic (exact) mass is 150 g/mol. The van der Waals surface area contributed by atoms with Crippen LogP contribution in [0.2, 0.25) is 0 Å². The zero-order valence-electron chi connectivity index (χ0n) is 7.85. The van der Waals surface area contributed by atoms with Crippen LogP contribution < -0.4 is 0 Å². The number of allylic oxidation sites excluding steroid dienone is 1. The van der Waals surface area contributed by atoms with Gasteiger partial charge in [-0.3, -0.25) is 0 Å². The van der Waals surface area contributed by atoms with Crippen LogP contribution in [0.25, 0.3) is 0 Å². The Morgan fingerprint density at radius 2 is 2.09 bits per heavy atom. The normalized spacial score (nSPS) is 60.6. The lowest BCUT2D eigenvalue weighted by molar-refractivity contribution is 0.352. The SMILES string of the molecule is C=CC1C(C)CC2(C)CC12C. The van der Waals surface area contributed by atoms with E-state index in [2.05, 4.69) is 33.4 Å². The van der Waals surface area contributed by atoms with Gasteiger partial charge in [0.1, 0.15) is 0 Å². The van der Waals surface area contributed by atoms with Crippen LogP contribution in [0.3, 0.4) is 0 Å². The first-order valence-electron chi connectivity index (χ1n) is 4.66. The smallest absolute Gasteiger partial charge is 0.0151 e. The second-order valence-electron chi connectivity index (χ2n) is 5.10. The molecule has 4 atom stereocenters. The summed E-state index contributed by atoms with van der Waals surface area (Å²) in [5.74, 6) is 1.66. The van der Waals surface area contributed by atoms with E-state index in [1.54, 1.807) is 0 Å². The van der Waals surface area contributed by atoms with Crippen molar-refractivity contribution < 1.29 is 0 Å². The van der Waals surface area contributed by atoms with E-state index in [9.17, 15) is 0 Å². The molecule has 0 N–H and O–H groups in total. The lowest BCUT2D eigenvalue weighted by Crippen LogP contribution is -2.12. The fraction of sp³-hybridized carbons (Fsp3) is 0.818. The third-order valence-electron chi connectivity index (χ3n) is 4.39. The molecule has 0 aliphatic heterocycles. The maximum Gasteiger partial charge on any atom is -0.0151 e. The van der Waals surface area contributed by atoms with Crippen molar-refractivity contribution in [1.82, 2.24) is 0 Å². The first-order valence-corrected chi connectivity index (χ1v) is 4.66. The standard InChI is InChI=1S/C11H18/c1-5-9-8(2)6-10(3)7-11(9,10)4/h5,8-9H,1,6-7H2,2-4H3. The molecule has 2 rings (SSSR count). The van der Waals surface area contributed by atoms with Crippen LogP contribution in [0.4, 0.5) is 0 Å². The van der Waals surface area contributed by atoms with Crippen LogP contribution in [-0.4, -0.2) is 0 Å². The van der Waals surface area contributed by atoms with E-state index in [-0.39, 0.29) is 0 Å². The number of hydrogen-bond acceptors (Lipinski definition) is 0. The number of rotatable bonds is 1. The molecule has 0 bridgehead atoms. The van der Waals surface area contributed by atoms with E-state index < -0.39 is 0 Å². The Morgan fingerprint density at radius 1 is 1.45 bits per heavy atom. The second kappa shape index (κ2) is 1.73. The van der Waals surface area contributed by atoms with Crippen LogP contribution in [0.15, 0.2) is 12.7 Å². The summed E-state index contributed by atoms with van der Waals surface area (Å²) in [7, 11) is 0. The van der Waals surface area contributed by atoms with Gasteiger partial charge in [-0.2, -0.15) is 0 Å². The summed E-state index contributed by atoms with van der Waals surface area (Å²) in [6, 6.07) is 0. The number of hydrogen-bond donors (Lipinski definition) is 0. The molecule has 0 spiro atoms. The summed E-state index contributed by atoms with van der Waals surface area (Å²) in [6.07, 6.45) is 5.03. The highest BCUT2D eigenvalue weighted by molar-refractivity contribution is 5.21. The Balaban J connectivity index is 2.29. The van der Waals surface area contributed by atoms with E-state index in [1.165, 1.54) is 12.8 Å². The van der Waals surface area contributed by atoms with Gasteiger partial charge in [0.2, 0.25) is 0 Å². The maximum absolute atomic E-state index is 3.95. The van der Waals surface area contributed by atoms with Gasteiger partial charge in [0.25, 0.3) is 0 Å². The first-order chi connectivity index (χ1) is 5.03. The molecule has 4 unspecified atom stereocenters. The third kappa shape index (κ3) is 0.660. The fourth-order valence-corrected chi connectivity index (χ4v) is 3.55. The Kier molecular flexibility index (Phi) is 1.16. The Labute approximate surface area is 69.7 Å². The zero-order valence-corrected chi connectivity index (χ0v) is 7.85. The Hall–Kier alpha value is -0.260. The lowest BCUT2D eigenvalue weighted by atomic mass is 9.86. The average molecular weight is 150 g/mol. The van der Waals surface area contributed by atoms with Crippen LogP contribution in [-0.2, 0) is 0 Å². The molecular weight excluding hydrogens is 132 g/mol. The van der Waals surface area contributed by atoms with Crippen LogP contribution in [0, 0.1) is 22.7 Å². The Bertz CT molecular complexity index is 206. The predicted molar refractivity (Wildman–Crippen MR) is 48.3 cm³/mol. The van der Waals surface area contributed by atoms with Crippen molar-refractivity contribution in [2.24, 2.45) is 22.7 Å². The molecule has 0 heteroatoms. The van der Waals surface area contributed by atoms with Gasteiger partial charge >= 0.3 is 0 Å². The molecule has 0 amide bonds. The predicted octanol–water partition coefficient (Wildman–Crippen LogP) is 3.24. The molecule has 62 valence electrons. The van der Waals surface area contributed by atoms with E-state index in [0.29, 0.717) is 10.8 Å². The van der Waals surface area contributed by atoms with Crippen molar-refractivity contribution in [1.29, 1.82) is 0 Å². The molecule has 0 nitrogen and oxygen atoms in total. The van der Waals surface area contributed by atoms with Gasteiger partial charge in [-0.05, 0) is 35.5 Å². The molecule has 0 aromatic rings. The lowest BCUT2D eigenvalue weighted by Gasteiger charge is -2.19. The van der Waals surface area contributed by atoms with E-state index >= 15 is 0 Å². The minimum atomic E-state index is 0.619. The highest BCUT2D eigenvalue weighted by atomic mass is 14.7. The highest BCUT2D eigenvalue weighted by Gasteiger charge is 2.69. The molecule has 0 radical (unpaired) electrons. The van der Waals surface area contributed by atoms with Crippen molar-refractivity contribution in [3.05, 3.63) is 12.7 Å². The molecule has 0 heterocycles. The molecular formula is C11H18. The quantitative estimate of drug-likeness (QED) is 0.503. The molecule has 2 saturated carbocycles. The van der Waals surface area contributed by atoms with Crippen molar-refractivity contribution in [3.8, 4) is 0 Å². The summed E-state index contributed by atoms with van der Waals surface area (Å²) >= 11 is 0. The largest absolute Gasteiger partial charge is 0.103 e. The highest BCUT2D eigenvalue weighted by Crippen LogP contribution is 2.76. The summed E-state index contributed by atoms with van der Waals surface area (Å²) in [4.78, 5) is 0.